The Balaban J connectivity index is 2.19. The van der Waals surface area contributed by atoms with E-state index >= 15 is 0 Å². The molecule has 0 aliphatic heterocycles. The van der Waals surface area contributed by atoms with E-state index in [1.165, 1.54) is 19.3 Å². The van der Waals surface area contributed by atoms with Crippen molar-refractivity contribution in [2.45, 2.75) is 32.1 Å². The predicted molar refractivity (Wildman–Crippen MR) is 63.4 cm³/mol. The van der Waals surface area contributed by atoms with Gasteiger partial charge in [0.15, 0.2) is 11.3 Å². The molecule has 0 bridgehead atoms. The molecular weight excluding hydrogens is 212 g/mol. The molecule has 0 saturated heterocycles. The summed E-state index contributed by atoms with van der Waals surface area (Å²) in [5, 5.41) is 9.78. The van der Waals surface area contributed by atoms with E-state index in [0.717, 1.165) is 11.1 Å². The van der Waals surface area contributed by atoms with E-state index in [9.17, 15) is 0 Å². The molecule has 0 N–H and O–H groups in total. The maximum atomic E-state index is 9.03. The first-order chi connectivity index (χ1) is 8.28. The van der Waals surface area contributed by atoms with Gasteiger partial charge in [-0.3, -0.25) is 0 Å². The van der Waals surface area contributed by atoms with Gasteiger partial charge in [0.1, 0.15) is 11.9 Å². The molecule has 4 heteroatoms. The second-order valence-electron chi connectivity index (χ2n) is 4.47. The summed E-state index contributed by atoms with van der Waals surface area (Å²) in [6, 6.07) is 6.03. The van der Waals surface area contributed by atoms with Crippen molar-refractivity contribution in [1.29, 1.82) is 5.26 Å². The largest absolute Gasteiger partial charge is 0.233 e. The molecule has 0 amide bonds. The summed E-state index contributed by atoms with van der Waals surface area (Å²) in [4.78, 5) is 13.0. The zero-order valence-electron chi connectivity index (χ0n) is 9.64. The van der Waals surface area contributed by atoms with E-state index in [2.05, 4.69) is 21.0 Å². The van der Waals surface area contributed by atoms with Crippen LogP contribution in [-0.4, -0.2) is 15.0 Å². The molecular formula is C13H12N4. The number of aryl methyl sites for hydroxylation is 1. The van der Waals surface area contributed by atoms with E-state index in [1.807, 2.05) is 12.1 Å². The van der Waals surface area contributed by atoms with E-state index in [1.54, 1.807) is 6.92 Å². The number of rotatable bonds is 1. The highest BCUT2D eigenvalue weighted by molar-refractivity contribution is 5.79. The van der Waals surface area contributed by atoms with Gasteiger partial charge in [0.2, 0.25) is 0 Å². The molecule has 3 rings (SSSR count). The molecule has 1 aliphatic rings. The lowest BCUT2D eigenvalue weighted by molar-refractivity contribution is 0.412. The number of nitriles is 1. The molecule has 2 heterocycles. The van der Waals surface area contributed by atoms with Crippen LogP contribution in [0.1, 0.15) is 42.4 Å². The molecule has 1 fully saturated rings. The van der Waals surface area contributed by atoms with Crippen LogP contribution in [0.3, 0.4) is 0 Å². The maximum absolute atomic E-state index is 9.03. The monoisotopic (exact) mass is 224 g/mol. The summed E-state index contributed by atoms with van der Waals surface area (Å²) in [5.74, 6) is 1.19. The Bertz CT molecular complexity index is 623. The Labute approximate surface area is 99.3 Å². The van der Waals surface area contributed by atoms with Crippen LogP contribution in [0, 0.1) is 18.3 Å². The lowest BCUT2D eigenvalue weighted by Crippen LogP contribution is -2.11. The highest BCUT2D eigenvalue weighted by Crippen LogP contribution is 2.35. The van der Waals surface area contributed by atoms with Gasteiger partial charge in [-0.05, 0) is 31.9 Å². The molecule has 0 atom stereocenters. The minimum atomic E-state index is 0.417. The fraction of sp³-hybridized carbons (Fsp3) is 0.385. The van der Waals surface area contributed by atoms with Crippen molar-refractivity contribution >= 4 is 11.0 Å². The average molecular weight is 224 g/mol. The number of nitrogens with zero attached hydrogens (tertiary/aromatic N) is 4. The Hall–Kier alpha value is -2.02. The molecule has 2 aromatic rings. The van der Waals surface area contributed by atoms with Crippen LogP contribution in [0.15, 0.2) is 12.1 Å². The highest BCUT2D eigenvalue weighted by Gasteiger charge is 2.21. The third-order valence-electron chi connectivity index (χ3n) is 3.32. The molecule has 17 heavy (non-hydrogen) atoms. The summed E-state index contributed by atoms with van der Waals surface area (Å²) in [5.41, 5.74) is 2.17. The van der Waals surface area contributed by atoms with Gasteiger partial charge in [-0.15, -0.1) is 0 Å². The van der Waals surface area contributed by atoms with E-state index in [4.69, 9.17) is 5.26 Å². The number of hydrogen-bond acceptors (Lipinski definition) is 4. The van der Waals surface area contributed by atoms with Crippen LogP contribution < -0.4 is 0 Å². The van der Waals surface area contributed by atoms with Gasteiger partial charge in [-0.1, -0.05) is 6.42 Å². The van der Waals surface area contributed by atoms with Crippen molar-refractivity contribution < 1.29 is 0 Å². The Morgan fingerprint density at radius 3 is 2.71 bits per heavy atom. The van der Waals surface area contributed by atoms with Crippen LogP contribution in [0.2, 0.25) is 0 Å². The van der Waals surface area contributed by atoms with Crippen molar-refractivity contribution in [3.63, 3.8) is 0 Å². The van der Waals surface area contributed by atoms with Crippen molar-refractivity contribution in [2.24, 2.45) is 0 Å². The van der Waals surface area contributed by atoms with Gasteiger partial charge in [-0.25, -0.2) is 15.0 Å². The minimum Gasteiger partial charge on any atom is -0.233 e. The minimum absolute atomic E-state index is 0.417. The SMILES string of the molecule is Cc1nc(C#N)c2ccc(C3CCC3)nc2n1. The predicted octanol–water partition coefficient (Wildman–Crippen LogP) is 2.47. The fourth-order valence-electron chi connectivity index (χ4n) is 2.15. The standard InChI is InChI=1S/C13H12N4/c1-8-15-12(7-14)10-5-6-11(9-3-2-4-9)17-13(10)16-8/h5-6,9H,2-4H2,1H3. The van der Waals surface area contributed by atoms with Crippen LogP contribution >= 0.6 is 0 Å². The van der Waals surface area contributed by atoms with Crippen molar-refractivity contribution in [3.8, 4) is 6.07 Å². The van der Waals surface area contributed by atoms with Gasteiger partial charge >= 0.3 is 0 Å². The second kappa shape index (κ2) is 3.77. The number of aromatic nitrogens is 3. The zero-order chi connectivity index (χ0) is 11.8. The first kappa shape index (κ1) is 10.2. The number of fused-ring (bicyclic) bond motifs is 1. The van der Waals surface area contributed by atoms with Crippen LogP contribution in [0.25, 0.3) is 11.0 Å². The fourth-order valence-corrected chi connectivity index (χ4v) is 2.15. The first-order valence-electron chi connectivity index (χ1n) is 5.83. The summed E-state index contributed by atoms with van der Waals surface area (Å²) < 4.78 is 0. The molecule has 4 nitrogen and oxygen atoms in total. The van der Waals surface area contributed by atoms with E-state index in [0.29, 0.717) is 23.1 Å². The van der Waals surface area contributed by atoms with Gasteiger partial charge in [0, 0.05) is 11.6 Å². The number of pyridine rings is 1. The van der Waals surface area contributed by atoms with Crippen LogP contribution in [-0.2, 0) is 0 Å². The molecule has 2 aromatic heterocycles. The topological polar surface area (TPSA) is 62.5 Å². The van der Waals surface area contributed by atoms with Crippen molar-refractivity contribution in [3.05, 3.63) is 29.3 Å². The molecule has 1 saturated carbocycles. The van der Waals surface area contributed by atoms with Crippen LogP contribution in [0.5, 0.6) is 0 Å². The van der Waals surface area contributed by atoms with Crippen LogP contribution in [0.4, 0.5) is 0 Å². The Kier molecular flexibility index (Phi) is 2.25. The summed E-state index contributed by atoms with van der Waals surface area (Å²) >= 11 is 0. The highest BCUT2D eigenvalue weighted by atomic mass is 14.9. The van der Waals surface area contributed by atoms with E-state index < -0.39 is 0 Å². The Morgan fingerprint density at radius 2 is 2.06 bits per heavy atom. The molecule has 0 aromatic carbocycles. The summed E-state index contributed by atoms with van der Waals surface area (Å²) in [7, 11) is 0. The lowest BCUT2D eigenvalue weighted by Gasteiger charge is -2.24. The van der Waals surface area contributed by atoms with Gasteiger partial charge in [-0.2, -0.15) is 5.26 Å². The van der Waals surface area contributed by atoms with Crippen molar-refractivity contribution in [2.75, 3.05) is 0 Å². The molecule has 84 valence electrons. The average Bonchev–Trinajstić information content (AvgIpc) is 2.25. The first-order valence-corrected chi connectivity index (χ1v) is 5.83. The normalized spacial score (nSPS) is 15.5. The maximum Gasteiger partial charge on any atom is 0.164 e. The summed E-state index contributed by atoms with van der Waals surface area (Å²) in [6.07, 6.45) is 3.72. The quantitative estimate of drug-likeness (QED) is 0.746. The summed E-state index contributed by atoms with van der Waals surface area (Å²) in [6.45, 7) is 1.79. The molecule has 0 spiro atoms. The Morgan fingerprint density at radius 1 is 1.24 bits per heavy atom. The van der Waals surface area contributed by atoms with Gasteiger partial charge in [0.05, 0.1) is 5.39 Å². The molecule has 1 aliphatic carbocycles. The third-order valence-corrected chi connectivity index (χ3v) is 3.32. The smallest absolute Gasteiger partial charge is 0.164 e. The van der Waals surface area contributed by atoms with E-state index in [-0.39, 0.29) is 0 Å². The third kappa shape index (κ3) is 1.64. The zero-order valence-corrected chi connectivity index (χ0v) is 9.64. The van der Waals surface area contributed by atoms with Gasteiger partial charge < -0.3 is 0 Å². The molecule has 0 unspecified atom stereocenters. The second-order valence-corrected chi connectivity index (χ2v) is 4.47. The number of hydrogen-bond donors (Lipinski definition) is 0. The van der Waals surface area contributed by atoms with Gasteiger partial charge in [0.25, 0.3) is 0 Å². The molecule has 0 radical (unpaired) electrons. The lowest BCUT2D eigenvalue weighted by atomic mass is 9.82. The van der Waals surface area contributed by atoms with Crippen molar-refractivity contribution in [1.82, 2.24) is 15.0 Å².